The number of rotatable bonds is 6. The Morgan fingerprint density at radius 1 is 1.22 bits per heavy atom. The maximum absolute atomic E-state index is 11.7. The zero-order chi connectivity index (χ0) is 16.7. The molecule has 0 unspecified atom stereocenters. The second-order valence-corrected chi connectivity index (χ2v) is 5.26. The lowest BCUT2D eigenvalue weighted by Crippen LogP contribution is -2.09. The van der Waals surface area contributed by atoms with Gasteiger partial charge in [0.2, 0.25) is 5.88 Å². The number of esters is 2. The normalized spacial score (nSPS) is 10.1. The first-order valence-electron chi connectivity index (χ1n) is 6.57. The highest BCUT2D eigenvalue weighted by Crippen LogP contribution is 2.18. The molecule has 23 heavy (non-hydrogen) atoms. The number of nitrogens with zero attached hydrogens (tertiary/aromatic N) is 2. The van der Waals surface area contributed by atoms with Crippen molar-refractivity contribution in [1.29, 1.82) is 0 Å². The van der Waals surface area contributed by atoms with Gasteiger partial charge in [0.25, 0.3) is 0 Å². The van der Waals surface area contributed by atoms with Crippen molar-refractivity contribution in [3.05, 3.63) is 47.7 Å². The number of carbonyl (C=O) groups is 2. The molecule has 0 amide bonds. The molecule has 1 aromatic heterocycles. The minimum absolute atomic E-state index is 0.0447. The molecule has 2 rings (SSSR count). The van der Waals surface area contributed by atoms with Crippen LogP contribution < -0.4 is 0 Å². The van der Waals surface area contributed by atoms with Gasteiger partial charge in [-0.3, -0.25) is 4.79 Å². The molecule has 2 aromatic rings. The van der Waals surface area contributed by atoms with Crippen LogP contribution in [0.15, 0.2) is 41.6 Å². The number of methoxy groups -OCH3 is 1. The van der Waals surface area contributed by atoms with Crippen LogP contribution in [0.5, 0.6) is 5.88 Å². The minimum atomic E-state index is -0.698. The SMILES string of the molecule is COC(=O)c1cc(O)nc(SCC(=O)OCc2ccccc2)n1. The number of hydrogen-bond donors (Lipinski definition) is 1. The summed E-state index contributed by atoms with van der Waals surface area (Å²) in [6, 6.07) is 10.4. The third-order valence-electron chi connectivity index (χ3n) is 2.65. The summed E-state index contributed by atoms with van der Waals surface area (Å²) in [5.74, 6) is -1.57. The number of aromatic nitrogens is 2. The molecular formula is C15H14N2O5S. The Bertz CT molecular complexity index is 694. The molecule has 0 radical (unpaired) electrons. The summed E-state index contributed by atoms with van der Waals surface area (Å²) >= 11 is 0.955. The van der Waals surface area contributed by atoms with Gasteiger partial charge in [-0.25, -0.2) is 9.78 Å². The van der Waals surface area contributed by atoms with Gasteiger partial charge in [-0.2, -0.15) is 4.98 Å². The zero-order valence-electron chi connectivity index (χ0n) is 12.3. The van der Waals surface area contributed by atoms with E-state index in [-0.39, 0.29) is 29.1 Å². The van der Waals surface area contributed by atoms with E-state index in [0.717, 1.165) is 23.4 Å². The number of thioether (sulfide) groups is 1. The Balaban J connectivity index is 1.89. The van der Waals surface area contributed by atoms with Gasteiger partial charge < -0.3 is 14.6 Å². The highest BCUT2D eigenvalue weighted by atomic mass is 32.2. The van der Waals surface area contributed by atoms with E-state index in [9.17, 15) is 14.7 Å². The minimum Gasteiger partial charge on any atom is -0.493 e. The fraction of sp³-hybridized carbons (Fsp3) is 0.200. The van der Waals surface area contributed by atoms with E-state index < -0.39 is 11.9 Å². The summed E-state index contributed by atoms with van der Waals surface area (Å²) < 4.78 is 9.63. The van der Waals surface area contributed by atoms with Crippen LogP contribution in [0.2, 0.25) is 0 Å². The van der Waals surface area contributed by atoms with Gasteiger partial charge in [0.05, 0.1) is 12.9 Å². The van der Waals surface area contributed by atoms with Crippen LogP contribution in [-0.4, -0.2) is 39.9 Å². The summed E-state index contributed by atoms with van der Waals surface area (Å²) in [5, 5.41) is 9.55. The van der Waals surface area contributed by atoms with Crippen LogP contribution in [0.3, 0.4) is 0 Å². The van der Waals surface area contributed by atoms with E-state index in [0.29, 0.717) is 0 Å². The topological polar surface area (TPSA) is 98.6 Å². The molecule has 0 saturated carbocycles. The first-order valence-corrected chi connectivity index (χ1v) is 7.55. The lowest BCUT2D eigenvalue weighted by molar-refractivity contribution is -0.141. The Labute approximate surface area is 136 Å². The molecule has 1 heterocycles. The van der Waals surface area contributed by atoms with Crippen LogP contribution >= 0.6 is 11.8 Å². The molecule has 0 atom stereocenters. The maximum Gasteiger partial charge on any atom is 0.356 e. The molecule has 0 spiro atoms. The van der Waals surface area contributed by atoms with E-state index in [1.165, 1.54) is 7.11 Å². The van der Waals surface area contributed by atoms with Crippen LogP contribution in [0.1, 0.15) is 16.1 Å². The van der Waals surface area contributed by atoms with Crippen molar-refractivity contribution in [2.45, 2.75) is 11.8 Å². The van der Waals surface area contributed by atoms with Gasteiger partial charge >= 0.3 is 11.9 Å². The second-order valence-electron chi connectivity index (χ2n) is 4.32. The van der Waals surface area contributed by atoms with Crippen molar-refractivity contribution >= 4 is 23.7 Å². The maximum atomic E-state index is 11.7. The van der Waals surface area contributed by atoms with Gasteiger partial charge in [0, 0.05) is 6.07 Å². The predicted octanol–water partition coefficient (Wildman–Crippen LogP) is 1.80. The third kappa shape index (κ3) is 5.26. The summed E-state index contributed by atoms with van der Waals surface area (Å²) in [4.78, 5) is 30.7. The number of benzene rings is 1. The Morgan fingerprint density at radius 3 is 2.65 bits per heavy atom. The molecule has 0 aliphatic rings. The highest BCUT2D eigenvalue weighted by molar-refractivity contribution is 7.99. The molecule has 0 bridgehead atoms. The molecule has 0 saturated heterocycles. The summed E-state index contributed by atoms with van der Waals surface area (Å²) in [6.07, 6.45) is 0. The molecule has 7 nitrogen and oxygen atoms in total. The molecule has 0 aliphatic carbocycles. The van der Waals surface area contributed by atoms with E-state index >= 15 is 0 Å². The fourth-order valence-electron chi connectivity index (χ4n) is 1.59. The van der Waals surface area contributed by atoms with Crippen molar-refractivity contribution in [3.8, 4) is 5.88 Å². The van der Waals surface area contributed by atoms with Gasteiger partial charge in [-0.1, -0.05) is 42.1 Å². The third-order valence-corrected chi connectivity index (χ3v) is 3.47. The first kappa shape index (κ1) is 16.8. The predicted molar refractivity (Wildman–Crippen MR) is 82.0 cm³/mol. The Morgan fingerprint density at radius 2 is 1.96 bits per heavy atom. The molecule has 1 aromatic carbocycles. The Hall–Kier alpha value is -2.61. The van der Waals surface area contributed by atoms with Gasteiger partial charge in [-0.05, 0) is 5.56 Å². The van der Waals surface area contributed by atoms with Crippen molar-refractivity contribution in [3.63, 3.8) is 0 Å². The van der Waals surface area contributed by atoms with E-state index in [1.54, 1.807) is 0 Å². The lowest BCUT2D eigenvalue weighted by Gasteiger charge is -2.05. The summed E-state index contributed by atoms with van der Waals surface area (Å²) in [7, 11) is 1.20. The van der Waals surface area contributed by atoms with Crippen LogP contribution in [0, 0.1) is 0 Å². The average Bonchev–Trinajstić information content (AvgIpc) is 2.57. The van der Waals surface area contributed by atoms with Crippen molar-refractivity contribution in [2.75, 3.05) is 12.9 Å². The molecule has 0 aliphatic heterocycles. The van der Waals surface area contributed by atoms with Crippen LogP contribution in [0.25, 0.3) is 0 Å². The fourth-order valence-corrected chi connectivity index (χ4v) is 2.24. The summed E-state index contributed by atoms with van der Waals surface area (Å²) in [6.45, 7) is 0.175. The van der Waals surface area contributed by atoms with Gasteiger partial charge in [0.15, 0.2) is 10.9 Å². The molecule has 0 fully saturated rings. The van der Waals surface area contributed by atoms with E-state index in [4.69, 9.17) is 4.74 Å². The van der Waals surface area contributed by atoms with Crippen molar-refractivity contribution < 1.29 is 24.2 Å². The quantitative estimate of drug-likeness (QED) is 0.485. The number of carbonyl (C=O) groups excluding carboxylic acids is 2. The molecule has 8 heteroatoms. The summed E-state index contributed by atoms with van der Waals surface area (Å²) in [5.41, 5.74) is 0.799. The zero-order valence-corrected chi connectivity index (χ0v) is 13.1. The smallest absolute Gasteiger partial charge is 0.356 e. The van der Waals surface area contributed by atoms with Gasteiger partial charge in [-0.15, -0.1) is 0 Å². The largest absolute Gasteiger partial charge is 0.493 e. The van der Waals surface area contributed by atoms with E-state index in [2.05, 4.69) is 14.7 Å². The monoisotopic (exact) mass is 334 g/mol. The van der Waals surface area contributed by atoms with Crippen molar-refractivity contribution in [2.24, 2.45) is 0 Å². The van der Waals surface area contributed by atoms with Crippen molar-refractivity contribution in [1.82, 2.24) is 9.97 Å². The lowest BCUT2D eigenvalue weighted by atomic mass is 10.2. The molecule has 1 N–H and O–H groups in total. The highest BCUT2D eigenvalue weighted by Gasteiger charge is 2.13. The number of aromatic hydroxyl groups is 1. The van der Waals surface area contributed by atoms with Crippen LogP contribution in [0.4, 0.5) is 0 Å². The molecular weight excluding hydrogens is 320 g/mol. The standard InChI is InChI=1S/C15H14N2O5S/c1-21-14(20)11-7-12(18)17-15(16-11)23-9-13(19)22-8-10-5-3-2-4-6-10/h2-7H,8-9H2,1H3,(H,16,17,18). The van der Waals surface area contributed by atoms with E-state index in [1.807, 2.05) is 30.3 Å². The molecule has 120 valence electrons. The Kier molecular flexibility index (Phi) is 5.93. The average molecular weight is 334 g/mol. The second kappa shape index (κ2) is 8.14. The number of ether oxygens (including phenoxy) is 2. The number of hydrogen-bond acceptors (Lipinski definition) is 8. The van der Waals surface area contributed by atoms with Gasteiger partial charge in [0.1, 0.15) is 6.61 Å². The first-order chi connectivity index (χ1) is 11.1. The van der Waals surface area contributed by atoms with Crippen LogP contribution in [-0.2, 0) is 20.9 Å².